The van der Waals surface area contributed by atoms with E-state index in [9.17, 15) is 0 Å². The summed E-state index contributed by atoms with van der Waals surface area (Å²) in [6.07, 6.45) is 1.00. The van der Waals surface area contributed by atoms with Gasteiger partial charge in [-0.15, -0.1) is 0 Å². The van der Waals surface area contributed by atoms with E-state index in [-0.39, 0.29) is 0 Å². The predicted molar refractivity (Wildman–Crippen MR) is 63.1 cm³/mol. The van der Waals surface area contributed by atoms with Gasteiger partial charge in [-0.25, -0.2) is 0 Å². The lowest BCUT2D eigenvalue weighted by Crippen LogP contribution is -2.25. The maximum Gasteiger partial charge on any atom is 0.122 e. The molecule has 84 valence electrons. The van der Waals surface area contributed by atoms with Gasteiger partial charge in [-0.1, -0.05) is 19.1 Å². The zero-order chi connectivity index (χ0) is 11.1. The van der Waals surface area contributed by atoms with Crippen LogP contribution in [0.5, 0.6) is 5.75 Å². The van der Waals surface area contributed by atoms with Crippen molar-refractivity contribution < 1.29 is 4.74 Å². The van der Waals surface area contributed by atoms with E-state index in [2.05, 4.69) is 29.7 Å². The molecule has 0 heterocycles. The van der Waals surface area contributed by atoms with Crippen molar-refractivity contribution in [1.29, 1.82) is 0 Å². The Labute approximate surface area is 91.8 Å². The molecule has 0 aliphatic heterocycles. The van der Waals surface area contributed by atoms with E-state index in [0.717, 1.165) is 25.4 Å². The van der Waals surface area contributed by atoms with Crippen LogP contribution in [0, 0.1) is 0 Å². The molecule has 0 atom stereocenters. The molecule has 0 aromatic heterocycles. The smallest absolute Gasteiger partial charge is 0.122 e. The molecule has 0 spiro atoms. The van der Waals surface area contributed by atoms with Crippen LogP contribution in [0.3, 0.4) is 0 Å². The Morgan fingerprint density at radius 2 is 2.13 bits per heavy atom. The van der Waals surface area contributed by atoms with Gasteiger partial charge in [-0.05, 0) is 30.7 Å². The third-order valence-corrected chi connectivity index (χ3v) is 2.36. The molecular formula is C12H20N2O. The summed E-state index contributed by atoms with van der Waals surface area (Å²) in [5, 5.41) is 6.34. The topological polar surface area (TPSA) is 33.3 Å². The first-order chi connectivity index (χ1) is 7.31. The highest BCUT2D eigenvalue weighted by Crippen LogP contribution is 2.20. The Morgan fingerprint density at radius 3 is 2.73 bits per heavy atom. The second-order valence-electron chi connectivity index (χ2n) is 3.46. The summed E-state index contributed by atoms with van der Waals surface area (Å²) < 4.78 is 5.28. The van der Waals surface area contributed by atoms with Crippen LogP contribution in [0.1, 0.15) is 18.1 Å². The number of methoxy groups -OCH3 is 1. The highest BCUT2D eigenvalue weighted by molar-refractivity contribution is 5.37. The van der Waals surface area contributed by atoms with E-state index in [1.165, 1.54) is 11.1 Å². The number of benzene rings is 1. The van der Waals surface area contributed by atoms with Gasteiger partial charge in [-0.3, -0.25) is 0 Å². The Kier molecular flexibility index (Phi) is 5.15. The Bertz CT molecular complexity index is 300. The highest BCUT2D eigenvalue weighted by Gasteiger charge is 2.01. The van der Waals surface area contributed by atoms with Gasteiger partial charge >= 0.3 is 0 Å². The van der Waals surface area contributed by atoms with Crippen molar-refractivity contribution in [3.63, 3.8) is 0 Å². The van der Waals surface area contributed by atoms with Crippen LogP contribution in [-0.2, 0) is 13.0 Å². The van der Waals surface area contributed by atoms with Crippen molar-refractivity contribution in [2.75, 3.05) is 20.8 Å². The normalized spacial score (nSPS) is 10.3. The van der Waals surface area contributed by atoms with E-state index < -0.39 is 0 Å². The zero-order valence-electron chi connectivity index (χ0n) is 9.76. The van der Waals surface area contributed by atoms with Crippen molar-refractivity contribution in [2.45, 2.75) is 19.9 Å². The average Bonchev–Trinajstić information content (AvgIpc) is 2.29. The van der Waals surface area contributed by atoms with Crippen LogP contribution in [0.25, 0.3) is 0 Å². The monoisotopic (exact) mass is 208 g/mol. The summed E-state index contributed by atoms with van der Waals surface area (Å²) in [6, 6.07) is 6.33. The molecule has 0 aliphatic carbocycles. The van der Waals surface area contributed by atoms with Crippen molar-refractivity contribution in [1.82, 2.24) is 10.6 Å². The molecule has 3 heteroatoms. The molecule has 1 aromatic carbocycles. The van der Waals surface area contributed by atoms with Crippen LogP contribution in [0.4, 0.5) is 0 Å². The molecule has 0 saturated carbocycles. The average molecular weight is 208 g/mol. The Hall–Kier alpha value is -1.06. The number of aryl methyl sites for hydroxylation is 1. The molecule has 0 saturated heterocycles. The van der Waals surface area contributed by atoms with E-state index in [1.54, 1.807) is 7.11 Å². The molecule has 0 unspecified atom stereocenters. The first kappa shape index (κ1) is 12.0. The van der Waals surface area contributed by atoms with Gasteiger partial charge in [0.2, 0.25) is 0 Å². The van der Waals surface area contributed by atoms with E-state index >= 15 is 0 Å². The van der Waals surface area contributed by atoms with Gasteiger partial charge in [0.25, 0.3) is 0 Å². The molecule has 1 aromatic rings. The minimum absolute atomic E-state index is 0.827. The molecule has 0 amide bonds. The van der Waals surface area contributed by atoms with Gasteiger partial charge in [-0.2, -0.15) is 0 Å². The van der Waals surface area contributed by atoms with E-state index in [4.69, 9.17) is 4.74 Å². The maximum atomic E-state index is 5.28. The lowest BCUT2D eigenvalue weighted by molar-refractivity contribution is 0.410. The quantitative estimate of drug-likeness (QED) is 0.549. The fraction of sp³-hybridized carbons (Fsp3) is 0.500. The lowest BCUT2D eigenvalue weighted by atomic mass is 10.1. The summed E-state index contributed by atoms with van der Waals surface area (Å²) in [6.45, 7) is 3.86. The summed E-state index contributed by atoms with van der Waals surface area (Å²) >= 11 is 0. The van der Waals surface area contributed by atoms with Gasteiger partial charge < -0.3 is 15.4 Å². The van der Waals surface area contributed by atoms with Crippen LogP contribution >= 0.6 is 0 Å². The van der Waals surface area contributed by atoms with Crippen LogP contribution in [0.2, 0.25) is 0 Å². The Morgan fingerprint density at radius 1 is 1.33 bits per heavy atom. The predicted octanol–water partition coefficient (Wildman–Crippen LogP) is 1.52. The Balaban J connectivity index is 2.66. The number of ether oxygens (including phenoxy) is 1. The van der Waals surface area contributed by atoms with E-state index in [1.807, 2.05) is 13.1 Å². The summed E-state index contributed by atoms with van der Waals surface area (Å²) in [5.74, 6) is 0.981. The third-order valence-electron chi connectivity index (χ3n) is 2.36. The SMILES string of the molecule is CCc1cc(CNCNC)ccc1OC. The number of hydrogen-bond acceptors (Lipinski definition) is 3. The summed E-state index contributed by atoms with van der Waals surface area (Å²) in [7, 11) is 3.64. The van der Waals surface area contributed by atoms with Crippen molar-refractivity contribution >= 4 is 0 Å². The number of hydrogen-bond donors (Lipinski definition) is 2. The van der Waals surface area contributed by atoms with Crippen LogP contribution in [-0.4, -0.2) is 20.8 Å². The van der Waals surface area contributed by atoms with Gasteiger partial charge in [0.1, 0.15) is 5.75 Å². The van der Waals surface area contributed by atoms with Crippen LogP contribution < -0.4 is 15.4 Å². The van der Waals surface area contributed by atoms with Gasteiger partial charge in [0.05, 0.1) is 7.11 Å². The second-order valence-corrected chi connectivity index (χ2v) is 3.46. The summed E-state index contributed by atoms with van der Waals surface area (Å²) in [4.78, 5) is 0. The fourth-order valence-electron chi connectivity index (χ4n) is 1.55. The van der Waals surface area contributed by atoms with Crippen LogP contribution in [0.15, 0.2) is 18.2 Å². The second kappa shape index (κ2) is 6.43. The number of rotatable bonds is 6. The zero-order valence-corrected chi connectivity index (χ0v) is 9.76. The summed E-state index contributed by atoms with van der Waals surface area (Å²) in [5.41, 5.74) is 2.56. The third kappa shape index (κ3) is 3.53. The molecule has 3 nitrogen and oxygen atoms in total. The molecule has 2 N–H and O–H groups in total. The molecule has 1 rings (SSSR count). The molecule has 15 heavy (non-hydrogen) atoms. The number of nitrogens with one attached hydrogen (secondary N) is 2. The van der Waals surface area contributed by atoms with Crippen molar-refractivity contribution in [3.8, 4) is 5.75 Å². The first-order valence-corrected chi connectivity index (χ1v) is 5.33. The van der Waals surface area contributed by atoms with Crippen molar-refractivity contribution in [2.24, 2.45) is 0 Å². The first-order valence-electron chi connectivity index (χ1n) is 5.33. The minimum Gasteiger partial charge on any atom is -0.496 e. The highest BCUT2D eigenvalue weighted by atomic mass is 16.5. The lowest BCUT2D eigenvalue weighted by Gasteiger charge is -2.09. The molecular weight excluding hydrogens is 188 g/mol. The molecule has 0 aliphatic rings. The molecule has 0 fully saturated rings. The molecule has 0 radical (unpaired) electrons. The van der Waals surface area contributed by atoms with E-state index in [0.29, 0.717) is 0 Å². The molecule has 0 bridgehead atoms. The standard InChI is InChI=1S/C12H20N2O/c1-4-11-7-10(8-14-9-13-2)5-6-12(11)15-3/h5-7,13-14H,4,8-9H2,1-3H3. The van der Waals surface area contributed by atoms with Gasteiger partial charge in [0.15, 0.2) is 0 Å². The van der Waals surface area contributed by atoms with Crippen molar-refractivity contribution in [3.05, 3.63) is 29.3 Å². The van der Waals surface area contributed by atoms with Gasteiger partial charge in [0, 0.05) is 13.2 Å². The minimum atomic E-state index is 0.827. The largest absolute Gasteiger partial charge is 0.496 e. The fourth-order valence-corrected chi connectivity index (χ4v) is 1.55. The maximum absolute atomic E-state index is 5.28.